The minimum atomic E-state index is 0.000141. The third-order valence-corrected chi connectivity index (χ3v) is 7.09. The summed E-state index contributed by atoms with van der Waals surface area (Å²) in [5, 5.41) is 12.2. The molecule has 0 radical (unpaired) electrons. The van der Waals surface area contributed by atoms with Gasteiger partial charge in [0, 0.05) is 27.7 Å². The largest absolute Gasteiger partial charge is 0.308 e. The van der Waals surface area contributed by atoms with Crippen molar-refractivity contribution in [3.05, 3.63) is 88.7 Å². The van der Waals surface area contributed by atoms with Crippen molar-refractivity contribution in [2.45, 2.75) is 66.2 Å². The summed E-state index contributed by atoms with van der Waals surface area (Å²) in [5.74, 6) is 0.672. The van der Waals surface area contributed by atoms with Crippen LogP contribution in [0.4, 0.5) is 0 Å². The maximum Gasteiger partial charge on any atom is 0.161 e. The highest BCUT2D eigenvalue weighted by Crippen LogP contribution is 2.39. The first-order valence-corrected chi connectivity index (χ1v) is 12.8. The van der Waals surface area contributed by atoms with Crippen molar-refractivity contribution in [1.29, 1.82) is 5.26 Å². The fourth-order valence-electron chi connectivity index (χ4n) is 5.03. The highest BCUT2D eigenvalue weighted by atomic mass is 15.0. The Labute approximate surface area is 219 Å². The lowest BCUT2D eigenvalue weighted by Crippen LogP contribution is -2.11. The normalized spacial score (nSPS) is 12.3. The van der Waals surface area contributed by atoms with Gasteiger partial charge in [-0.3, -0.25) is 0 Å². The van der Waals surface area contributed by atoms with E-state index < -0.39 is 0 Å². The fourth-order valence-corrected chi connectivity index (χ4v) is 5.03. The monoisotopic (exact) mass is 486 g/mol. The Kier molecular flexibility index (Phi) is 5.72. The van der Waals surface area contributed by atoms with Crippen LogP contribution in [0.25, 0.3) is 38.9 Å². The number of benzene rings is 3. The Hall–Kier alpha value is -3.97. The van der Waals surface area contributed by atoms with Crippen LogP contribution in [-0.4, -0.2) is 14.5 Å². The zero-order valence-electron chi connectivity index (χ0n) is 23.1. The van der Waals surface area contributed by atoms with Crippen LogP contribution in [0.1, 0.15) is 69.6 Å². The van der Waals surface area contributed by atoms with Gasteiger partial charge in [0.2, 0.25) is 0 Å². The zero-order chi connectivity index (χ0) is 26.7. The lowest BCUT2D eigenvalue weighted by Gasteiger charge is -2.21. The van der Waals surface area contributed by atoms with E-state index in [-0.39, 0.29) is 10.8 Å². The topological polar surface area (TPSA) is 54.5 Å². The molecule has 4 heteroatoms. The number of aromatic nitrogens is 3. The molecule has 0 atom stereocenters. The van der Waals surface area contributed by atoms with Gasteiger partial charge in [-0.2, -0.15) is 5.26 Å². The molecule has 4 nitrogen and oxygen atoms in total. The van der Waals surface area contributed by atoms with Crippen molar-refractivity contribution < 1.29 is 0 Å². The van der Waals surface area contributed by atoms with Gasteiger partial charge >= 0.3 is 0 Å². The van der Waals surface area contributed by atoms with E-state index in [1.807, 2.05) is 38.1 Å². The average Bonchev–Trinajstić information content (AvgIpc) is 3.15. The molecule has 186 valence electrons. The highest BCUT2D eigenvalue weighted by molar-refractivity contribution is 6.10. The van der Waals surface area contributed by atoms with Gasteiger partial charge in [-0.1, -0.05) is 65.8 Å². The van der Waals surface area contributed by atoms with Crippen molar-refractivity contribution in [2.24, 2.45) is 0 Å². The van der Waals surface area contributed by atoms with Gasteiger partial charge in [-0.25, -0.2) is 9.97 Å². The minimum absolute atomic E-state index is 0.000141. The molecular weight excluding hydrogens is 452 g/mol. The summed E-state index contributed by atoms with van der Waals surface area (Å²) >= 11 is 0. The molecule has 0 amide bonds. The van der Waals surface area contributed by atoms with Crippen molar-refractivity contribution in [2.75, 3.05) is 0 Å². The SMILES string of the molecule is Cc1cc(C)nc(-c2ccc(C#N)cc2-n2c3cc(C(C)(C)C)ccc3c3ccc(C(C)(C)C)cc32)n1. The maximum absolute atomic E-state index is 9.85. The second kappa shape index (κ2) is 8.56. The summed E-state index contributed by atoms with van der Waals surface area (Å²) in [4.78, 5) is 9.59. The van der Waals surface area contributed by atoms with E-state index in [2.05, 4.69) is 88.6 Å². The Morgan fingerprint density at radius 1 is 0.676 bits per heavy atom. The number of hydrogen-bond acceptors (Lipinski definition) is 3. The lowest BCUT2D eigenvalue weighted by molar-refractivity contribution is 0.591. The molecule has 0 saturated heterocycles. The van der Waals surface area contributed by atoms with Crippen molar-refractivity contribution in [3.63, 3.8) is 0 Å². The summed E-state index contributed by atoms with van der Waals surface area (Å²) in [6.45, 7) is 17.4. The second-order valence-electron chi connectivity index (χ2n) is 12.1. The quantitative estimate of drug-likeness (QED) is 0.252. The van der Waals surface area contributed by atoms with Crippen molar-refractivity contribution in [1.82, 2.24) is 14.5 Å². The molecule has 2 heterocycles. The van der Waals surface area contributed by atoms with Gasteiger partial charge in [0.25, 0.3) is 0 Å². The van der Waals surface area contributed by atoms with E-state index in [4.69, 9.17) is 9.97 Å². The number of hydrogen-bond donors (Lipinski definition) is 0. The van der Waals surface area contributed by atoms with Crippen LogP contribution in [0.2, 0.25) is 0 Å². The number of nitrogens with zero attached hydrogens (tertiary/aromatic N) is 4. The number of fused-ring (bicyclic) bond motifs is 3. The minimum Gasteiger partial charge on any atom is -0.308 e. The number of rotatable bonds is 2. The predicted octanol–water partition coefficient (Wildman–Crippen LogP) is 8.32. The van der Waals surface area contributed by atoms with Gasteiger partial charge < -0.3 is 4.57 Å². The van der Waals surface area contributed by atoms with Gasteiger partial charge in [0.05, 0.1) is 28.4 Å². The van der Waals surface area contributed by atoms with E-state index in [1.165, 1.54) is 21.9 Å². The van der Waals surface area contributed by atoms with Crippen LogP contribution >= 0.6 is 0 Å². The highest BCUT2D eigenvalue weighted by Gasteiger charge is 2.23. The Balaban J connectivity index is 1.97. The predicted molar refractivity (Wildman–Crippen MR) is 153 cm³/mol. The molecule has 0 fully saturated rings. The Morgan fingerprint density at radius 2 is 1.19 bits per heavy atom. The van der Waals surface area contributed by atoms with Crippen LogP contribution in [0.3, 0.4) is 0 Å². The molecule has 5 rings (SSSR count). The molecule has 37 heavy (non-hydrogen) atoms. The van der Waals surface area contributed by atoms with Crippen LogP contribution in [0, 0.1) is 25.2 Å². The first kappa shape index (κ1) is 24.7. The molecule has 0 aliphatic heterocycles. The average molecular weight is 487 g/mol. The molecule has 0 spiro atoms. The Bertz CT molecular complexity index is 1630. The maximum atomic E-state index is 9.85. The number of aryl methyl sites for hydroxylation is 2. The summed E-state index contributed by atoms with van der Waals surface area (Å²) in [7, 11) is 0. The molecule has 0 unspecified atom stereocenters. The molecule has 2 aromatic heterocycles. The lowest BCUT2D eigenvalue weighted by atomic mass is 9.86. The molecule has 5 aromatic rings. The fraction of sp³-hybridized carbons (Fsp3) is 0.303. The molecular formula is C33H34N4. The van der Waals surface area contributed by atoms with Crippen LogP contribution in [-0.2, 0) is 10.8 Å². The van der Waals surface area contributed by atoms with Crippen molar-refractivity contribution >= 4 is 21.8 Å². The molecule has 0 N–H and O–H groups in total. The summed E-state index contributed by atoms with van der Waals surface area (Å²) in [5.41, 5.74) is 9.05. The summed E-state index contributed by atoms with van der Waals surface area (Å²) in [6.07, 6.45) is 0. The van der Waals surface area contributed by atoms with Crippen LogP contribution in [0.15, 0.2) is 60.7 Å². The molecule has 0 bridgehead atoms. The third-order valence-electron chi connectivity index (χ3n) is 7.09. The smallest absolute Gasteiger partial charge is 0.161 e. The van der Waals surface area contributed by atoms with Gasteiger partial charge in [0.1, 0.15) is 0 Å². The molecule has 0 aliphatic rings. The van der Waals surface area contributed by atoms with E-state index in [9.17, 15) is 5.26 Å². The third kappa shape index (κ3) is 4.40. The van der Waals surface area contributed by atoms with Crippen LogP contribution in [0.5, 0.6) is 0 Å². The first-order valence-electron chi connectivity index (χ1n) is 12.8. The summed E-state index contributed by atoms with van der Waals surface area (Å²) < 4.78 is 2.31. The van der Waals surface area contributed by atoms with E-state index in [1.54, 1.807) is 0 Å². The zero-order valence-corrected chi connectivity index (χ0v) is 23.1. The molecule has 0 saturated carbocycles. The van der Waals surface area contributed by atoms with E-state index in [0.29, 0.717) is 11.4 Å². The van der Waals surface area contributed by atoms with Crippen molar-refractivity contribution in [3.8, 4) is 23.1 Å². The second-order valence-corrected chi connectivity index (χ2v) is 12.1. The Morgan fingerprint density at radius 3 is 1.65 bits per heavy atom. The molecule has 3 aromatic carbocycles. The summed E-state index contributed by atoms with van der Waals surface area (Å²) in [6, 6.07) is 23.7. The van der Waals surface area contributed by atoms with Crippen LogP contribution < -0.4 is 0 Å². The standard InChI is InChI=1S/C33H34N4/c1-20-15-21(2)36-31(35-20)27-12-9-22(19-34)16-28(27)37-29-17-23(32(3,4)5)10-13-25(29)26-14-11-24(18-30(26)37)33(6,7)8/h9-18H,1-8H3. The van der Waals surface area contributed by atoms with E-state index in [0.717, 1.165) is 33.7 Å². The van der Waals surface area contributed by atoms with Gasteiger partial charge in [-0.15, -0.1) is 0 Å². The van der Waals surface area contributed by atoms with Gasteiger partial charge in [0.15, 0.2) is 5.82 Å². The van der Waals surface area contributed by atoms with E-state index >= 15 is 0 Å². The first-order chi connectivity index (χ1) is 17.4. The molecule has 0 aliphatic carbocycles. The van der Waals surface area contributed by atoms with Gasteiger partial charge in [-0.05, 0) is 72.2 Å². The number of nitriles is 1.